The third-order valence-corrected chi connectivity index (χ3v) is 1.91. The van der Waals surface area contributed by atoms with E-state index in [9.17, 15) is 0 Å². The first-order valence-electron chi connectivity index (χ1n) is 5.23. The van der Waals surface area contributed by atoms with Gasteiger partial charge < -0.3 is 0 Å². The summed E-state index contributed by atoms with van der Waals surface area (Å²) in [5, 5.41) is 0. The predicted molar refractivity (Wildman–Crippen MR) is 66.3 cm³/mol. The molecule has 0 aliphatic rings. The maximum Gasteiger partial charge on any atom is -0.0144 e. The van der Waals surface area contributed by atoms with Gasteiger partial charge in [-0.2, -0.15) is 0 Å². The molecule has 0 amide bonds. The normalized spacial score (nSPS) is 13.6. The van der Waals surface area contributed by atoms with Gasteiger partial charge in [-0.15, -0.1) is 6.58 Å². The summed E-state index contributed by atoms with van der Waals surface area (Å²) in [6.07, 6.45) is 13.8. The van der Waals surface area contributed by atoms with E-state index in [-0.39, 0.29) is 0 Å². The molecule has 0 heteroatoms. The lowest BCUT2D eigenvalue weighted by Crippen LogP contribution is -1.85. The topological polar surface area (TPSA) is 0 Å². The summed E-state index contributed by atoms with van der Waals surface area (Å²) in [7, 11) is 0. The molecule has 0 saturated heterocycles. The van der Waals surface area contributed by atoms with Gasteiger partial charge in [-0.05, 0) is 32.1 Å². The minimum absolute atomic E-state index is 0.621. The van der Waals surface area contributed by atoms with Crippen LogP contribution in [-0.2, 0) is 0 Å². The molecule has 0 spiro atoms. The Labute approximate surface area is 88.7 Å². The first-order chi connectivity index (χ1) is 6.66. The molecular formula is C14H22. The van der Waals surface area contributed by atoms with Crippen molar-refractivity contribution in [3.8, 4) is 0 Å². The molecular weight excluding hydrogens is 168 g/mol. The van der Waals surface area contributed by atoms with Crippen LogP contribution in [0.25, 0.3) is 0 Å². The van der Waals surface area contributed by atoms with E-state index in [1.54, 1.807) is 0 Å². The van der Waals surface area contributed by atoms with Crippen molar-refractivity contribution < 1.29 is 0 Å². The monoisotopic (exact) mass is 190 g/mol. The van der Waals surface area contributed by atoms with Gasteiger partial charge in [0.1, 0.15) is 0 Å². The molecule has 0 fully saturated rings. The molecule has 0 aliphatic carbocycles. The molecule has 0 heterocycles. The number of rotatable bonds is 7. The van der Waals surface area contributed by atoms with Gasteiger partial charge in [-0.25, -0.2) is 0 Å². The highest BCUT2D eigenvalue weighted by Crippen LogP contribution is 2.07. The Morgan fingerprint density at radius 2 is 2.00 bits per heavy atom. The van der Waals surface area contributed by atoms with E-state index in [0.717, 1.165) is 19.3 Å². The number of hydrogen-bond donors (Lipinski definition) is 0. The summed E-state index contributed by atoms with van der Waals surface area (Å²) in [5.41, 5.74) is 1.22. The van der Waals surface area contributed by atoms with Gasteiger partial charge in [0, 0.05) is 0 Å². The lowest BCUT2D eigenvalue weighted by atomic mass is 10.1. The highest BCUT2D eigenvalue weighted by molar-refractivity contribution is 5.01. The lowest BCUT2D eigenvalue weighted by molar-refractivity contribution is 0.740. The molecule has 1 atom stereocenters. The fraction of sp³-hybridized carbons (Fsp3) is 0.429. The van der Waals surface area contributed by atoms with Crippen LogP contribution in [0.3, 0.4) is 0 Å². The molecule has 0 aromatic rings. The molecule has 0 rings (SSSR count). The van der Waals surface area contributed by atoms with Crippen LogP contribution in [-0.4, -0.2) is 0 Å². The molecule has 0 saturated carbocycles. The van der Waals surface area contributed by atoms with Crippen molar-refractivity contribution in [2.45, 2.75) is 33.1 Å². The van der Waals surface area contributed by atoms with Crippen molar-refractivity contribution in [2.24, 2.45) is 5.92 Å². The summed E-state index contributed by atoms with van der Waals surface area (Å²) in [6, 6.07) is 0. The van der Waals surface area contributed by atoms with Gasteiger partial charge in [-0.1, -0.05) is 49.5 Å². The van der Waals surface area contributed by atoms with Crippen molar-refractivity contribution in [2.75, 3.05) is 0 Å². The Balaban J connectivity index is 3.63. The quantitative estimate of drug-likeness (QED) is 0.512. The van der Waals surface area contributed by atoms with Crippen molar-refractivity contribution in [3.05, 3.63) is 49.1 Å². The Hall–Kier alpha value is -1.04. The smallest absolute Gasteiger partial charge is 0.0144 e. The van der Waals surface area contributed by atoms with Crippen molar-refractivity contribution in [1.82, 2.24) is 0 Å². The SMILES string of the molecule is C=CCC=CCC(C)C=CCC(=C)C. The molecule has 0 aromatic heterocycles. The molecule has 14 heavy (non-hydrogen) atoms. The van der Waals surface area contributed by atoms with Gasteiger partial charge in [0.05, 0.1) is 0 Å². The maximum absolute atomic E-state index is 3.86. The first-order valence-corrected chi connectivity index (χ1v) is 5.23. The predicted octanol–water partition coefficient (Wildman–Crippen LogP) is 4.67. The van der Waals surface area contributed by atoms with Crippen LogP contribution in [0.15, 0.2) is 49.1 Å². The average Bonchev–Trinajstić information content (AvgIpc) is 2.12. The Morgan fingerprint density at radius 1 is 1.29 bits per heavy atom. The average molecular weight is 190 g/mol. The van der Waals surface area contributed by atoms with E-state index >= 15 is 0 Å². The second-order valence-corrected chi connectivity index (χ2v) is 3.80. The largest absolute Gasteiger partial charge is 0.103 e. The van der Waals surface area contributed by atoms with E-state index in [0.29, 0.717) is 5.92 Å². The van der Waals surface area contributed by atoms with E-state index in [1.807, 2.05) is 6.08 Å². The molecule has 0 N–H and O–H groups in total. The van der Waals surface area contributed by atoms with E-state index < -0.39 is 0 Å². The third-order valence-electron chi connectivity index (χ3n) is 1.91. The second kappa shape index (κ2) is 8.55. The Morgan fingerprint density at radius 3 is 2.57 bits per heavy atom. The summed E-state index contributed by atoms with van der Waals surface area (Å²) in [4.78, 5) is 0. The van der Waals surface area contributed by atoms with Crippen LogP contribution in [0.2, 0.25) is 0 Å². The van der Waals surface area contributed by atoms with Gasteiger partial charge in [0.25, 0.3) is 0 Å². The Kier molecular flexibility index (Phi) is 7.92. The first kappa shape index (κ1) is 13.0. The van der Waals surface area contributed by atoms with Crippen LogP contribution in [0.4, 0.5) is 0 Å². The molecule has 0 bridgehead atoms. The van der Waals surface area contributed by atoms with E-state index in [2.05, 4.69) is 51.3 Å². The fourth-order valence-corrected chi connectivity index (χ4v) is 1.08. The maximum atomic E-state index is 3.86. The molecule has 78 valence electrons. The van der Waals surface area contributed by atoms with Crippen LogP contribution in [0, 0.1) is 5.92 Å². The van der Waals surface area contributed by atoms with E-state index in [1.165, 1.54) is 5.57 Å². The molecule has 0 nitrogen and oxygen atoms in total. The molecule has 0 aliphatic heterocycles. The van der Waals surface area contributed by atoms with Crippen LogP contribution < -0.4 is 0 Å². The van der Waals surface area contributed by atoms with Crippen molar-refractivity contribution >= 4 is 0 Å². The standard InChI is InChI=1S/C14H22/c1-5-6-7-8-11-14(4)12-9-10-13(2)3/h5,7-9,12,14H,1-2,6,10-11H2,3-4H3. The summed E-state index contributed by atoms with van der Waals surface area (Å²) in [6.45, 7) is 11.8. The third kappa shape index (κ3) is 9.05. The van der Waals surface area contributed by atoms with Gasteiger partial charge in [0.2, 0.25) is 0 Å². The van der Waals surface area contributed by atoms with Crippen LogP contribution >= 0.6 is 0 Å². The zero-order valence-electron chi connectivity index (χ0n) is 9.50. The van der Waals surface area contributed by atoms with Crippen LogP contribution in [0.1, 0.15) is 33.1 Å². The zero-order chi connectivity index (χ0) is 10.8. The highest BCUT2D eigenvalue weighted by Gasteiger charge is 1.91. The minimum atomic E-state index is 0.621. The number of allylic oxidation sites excluding steroid dienone is 6. The molecule has 0 radical (unpaired) electrons. The second-order valence-electron chi connectivity index (χ2n) is 3.80. The highest BCUT2D eigenvalue weighted by atomic mass is 14.0. The van der Waals surface area contributed by atoms with Gasteiger partial charge in [-0.3, -0.25) is 0 Å². The lowest BCUT2D eigenvalue weighted by Gasteiger charge is -2.00. The van der Waals surface area contributed by atoms with Crippen molar-refractivity contribution in [1.29, 1.82) is 0 Å². The minimum Gasteiger partial charge on any atom is -0.103 e. The summed E-state index contributed by atoms with van der Waals surface area (Å²) >= 11 is 0. The van der Waals surface area contributed by atoms with Gasteiger partial charge in [0.15, 0.2) is 0 Å². The van der Waals surface area contributed by atoms with Gasteiger partial charge >= 0.3 is 0 Å². The van der Waals surface area contributed by atoms with Crippen LogP contribution in [0.5, 0.6) is 0 Å². The molecule has 0 aromatic carbocycles. The fourth-order valence-electron chi connectivity index (χ4n) is 1.08. The van der Waals surface area contributed by atoms with E-state index in [4.69, 9.17) is 0 Å². The zero-order valence-corrected chi connectivity index (χ0v) is 9.50. The summed E-state index contributed by atoms with van der Waals surface area (Å²) in [5.74, 6) is 0.621. The Bertz CT molecular complexity index is 218. The number of hydrogen-bond acceptors (Lipinski definition) is 0. The van der Waals surface area contributed by atoms with Crippen molar-refractivity contribution in [3.63, 3.8) is 0 Å². The summed E-state index contributed by atoms with van der Waals surface area (Å²) < 4.78 is 0. The molecule has 1 unspecified atom stereocenters.